The zero-order valence-corrected chi connectivity index (χ0v) is 14.8. The van der Waals surface area contributed by atoms with Crippen LogP contribution in [0.5, 0.6) is 5.75 Å². The topological polar surface area (TPSA) is 64.6 Å². The summed E-state index contributed by atoms with van der Waals surface area (Å²) in [7, 11) is 1.31. The summed E-state index contributed by atoms with van der Waals surface area (Å²) in [6.07, 6.45) is -1.12. The lowest BCUT2D eigenvalue weighted by Gasteiger charge is -2.14. The maximum Gasteiger partial charge on any atom is 0.339 e. The Bertz CT molecular complexity index is 813. The van der Waals surface area contributed by atoms with Crippen molar-refractivity contribution < 1.29 is 23.5 Å². The van der Waals surface area contributed by atoms with Crippen LogP contribution in [0, 0.1) is 5.82 Å². The summed E-state index contributed by atoms with van der Waals surface area (Å²) in [6, 6.07) is 8.16. The first-order valence-electron chi connectivity index (χ1n) is 7.12. The number of rotatable bonds is 5. The van der Waals surface area contributed by atoms with E-state index in [4.69, 9.17) is 32.7 Å². The lowest BCUT2D eigenvalue weighted by Crippen LogP contribution is -2.30. The number of hydrogen-bond donors (Lipinski definition) is 1. The van der Waals surface area contributed by atoms with E-state index in [1.165, 1.54) is 38.3 Å². The van der Waals surface area contributed by atoms with Gasteiger partial charge in [-0.25, -0.2) is 9.18 Å². The molecule has 0 fully saturated rings. The SMILES string of the molecule is COc1ccc(C(=O)O[C@H](C)C(=O)Nc2ccc(Cl)cc2Cl)cc1F. The van der Waals surface area contributed by atoms with Crippen LogP contribution in [0.3, 0.4) is 0 Å². The molecule has 1 amide bonds. The van der Waals surface area contributed by atoms with E-state index in [2.05, 4.69) is 5.32 Å². The van der Waals surface area contributed by atoms with E-state index in [1.54, 1.807) is 6.07 Å². The minimum Gasteiger partial charge on any atom is -0.494 e. The number of ether oxygens (including phenoxy) is 2. The Hall–Kier alpha value is -2.31. The molecule has 8 heteroatoms. The third kappa shape index (κ3) is 4.84. The molecule has 0 aliphatic rings. The lowest BCUT2D eigenvalue weighted by atomic mass is 10.2. The van der Waals surface area contributed by atoms with Crippen LogP contribution >= 0.6 is 23.2 Å². The maximum absolute atomic E-state index is 13.6. The van der Waals surface area contributed by atoms with Crippen molar-refractivity contribution >= 4 is 40.8 Å². The van der Waals surface area contributed by atoms with Gasteiger partial charge in [0.25, 0.3) is 5.91 Å². The Morgan fingerprint density at radius 2 is 1.88 bits per heavy atom. The van der Waals surface area contributed by atoms with Crippen LogP contribution in [-0.2, 0) is 9.53 Å². The van der Waals surface area contributed by atoms with Crippen molar-refractivity contribution in [3.05, 3.63) is 57.8 Å². The van der Waals surface area contributed by atoms with Gasteiger partial charge in [-0.05, 0) is 43.3 Å². The van der Waals surface area contributed by atoms with Gasteiger partial charge in [0.15, 0.2) is 17.7 Å². The summed E-state index contributed by atoms with van der Waals surface area (Å²) in [5, 5.41) is 3.19. The number of nitrogens with one attached hydrogen (secondary N) is 1. The van der Waals surface area contributed by atoms with Crippen LogP contribution in [-0.4, -0.2) is 25.1 Å². The van der Waals surface area contributed by atoms with E-state index in [0.717, 1.165) is 6.07 Å². The monoisotopic (exact) mass is 385 g/mol. The first-order chi connectivity index (χ1) is 11.8. The molecule has 0 heterocycles. The zero-order valence-electron chi connectivity index (χ0n) is 13.3. The van der Waals surface area contributed by atoms with Crippen molar-refractivity contribution in [2.24, 2.45) is 0 Å². The van der Waals surface area contributed by atoms with Gasteiger partial charge in [0.1, 0.15) is 0 Å². The molecule has 2 aromatic rings. The Kier molecular flexibility index (Phi) is 6.22. The van der Waals surface area contributed by atoms with Gasteiger partial charge in [-0.3, -0.25) is 4.79 Å². The number of halogens is 3. The van der Waals surface area contributed by atoms with Crippen molar-refractivity contribution in [2.75, 3.05) is 12.4 Å². The maximum atomic E-state index is 13.6. The number of benzene rings is 2. The molecule has 2 aromatic carbocycles. The van der Waals surface area contributed by atoms with Crippen molar-refractivity contribution in [2.45, 2.75) is 13.0 Å². The van der Waals surface area contributed by atoms with Crippen molar-refractivity contribution in [3.8, 4) is 5.75 Å². The minimum atomic E-state index is -1.12. The summed E-state index contributed by atoms with van der Waals surface area (Å²) in [6.45, 7) is 1.39. The minimum absolute atomic E-state index is 0.000258. The summed E-state index contributed by atoms with van der Waals surface area (Å²) in [4.78, 5) is 24.1. The molecule has 0 aromatic heterocycles. The van der Waals surface area contributed by atoms with Crippen LogP contribution in [0.4, 0.5) is 10.1 Å². The standard InChI is InChI=1S/C17H14Cl2FNO4/c1-9(16(22)21-14-5-4-11(18)8-12(14)19)25-17(23)10-3-6-15(24-2)13(20)7-10/h3-9H,1-2H3,(H,21,22)/t9-/m1/s1. The third-order valence-electron chi connectivity index (χ3n) is 3.23. The second-order valence-corrected chi connectivity index (χ2v) is 5.85. The molecule has 0 bridgehead atoms. The van der Waals surface area contributed by atoms with Gasteiger partial charge in [0.05, 0.1) is 23.4 Å². The van der Waals surface area contributed by atoms with Gasteiger partial charge in [-0.15, -0.1) is 0 Å². The number of methoxy groups -OCH3 is 1. The fourth-order valence-corrected chi connectivity index (χ4v) is 2.36. The molecule has 0 aliphatic heterocycles. The molecule has 25 heavy (non-hydrogen) atoms. The summed E-state index contributed by atoms with van der Waals surface area (Å²) < 4.78 is 23.4. The molecule has 0 radical (unpaired) electrons. The van der Waals surface area contributed by atoms with Gasteiger partial charge in [0, 0.05) is 5.02 Å². The molecule has 0 saturated heterocycles. The highest BCUT2D eigenvalue weighted by Crippen LogP contribution is 2.25. The van der Waals surface area contributed by atoms with Crippen LogP contribution in [0.25, 0.3) is 0 Å². The smallest absolute Gasteiger partial charge is 0.339 e. The fourth-order valence-electron chi connectivity index (χ4n) is 1.90. The Labute approximate surface area is 153 Å². The van der Waals surface area contributed by atoms with E-state index in [0.29, 0.717) is 10.7 Å². The second kappa shape index (κ2) is 8.18. The fraction of sp³-hybridized carbons (Fsp3) is 0.176. The van der Waals surface area contributed by atoms with Gasteiger partial charge in [0.2, 0.25) is 0 Å². The van der Waals surface area contributed by atoms with Crippen molar-refractivity contribution in [1.82, 2.24) is 0 Å². The zero-order chi connectivity index (χ0) is 18.6. The van der Waals surface area contributed by atoms with Crippen LogP contribution in [0.1, 0.15) is 17.3 Å². The van der Waals surface area contributed by atoms with Crippen molar-refractivity contribution in [3.63, 3.8) is 0 Å². The molecule has 0 spiro atoms. The molecule has 1 N–H and O–H groups in total. The first-order valence-corrected chi connectivity index (χ1v) is 7.88. The average Bonchev–Trinajstić information content (AvgIpc) is 2.57. The Morgan fingerprint density at radius 1 is 1.16 bits per heavy atom. The summed E-state index contributed by atoms with van der Waals surface area (Å²) >= 11 is 11.7. The van der Waals surface area contributed by atoms with Gasteiger partial charge in [-0.1, -0.05) is 23.2 Å². The number of carbonyl (C=O) groups excluding carboxylic acids is 2. The van der Waals surface area contributed by atoms with Crippen LogP contribution in [0.15, 0.2) is 36.4 Å². The largest absolute Gasteiger partial charge is 0.494 e. The average molecular weight is 386 g/mol. The third-order valence-corrected chi connectivity index (χ3v) is 3.78. The summed E-state index contributed by atoms with van der Waals surface area (Å²) in [5.41, 5.74) is 0.289. The van der Waals surface area contributed by atoms with Gasteiger partial charge < -0.3 is 14.8 Å². The number of esters is 1. The molecular formula is C17H14Cl2FNO4. The van der Waals surface area contributed by atoms with Crippen molar-refractivity contribution in [1.29, 1.82) is 0 Å². The van der Waals surface area contributed by atoms with Crippen LogP contribution < -0.4 is 10.1 Å². The van der Waals surface area contributed by atoms with E-state index in [-0.39, 0.29) is 16.3 Å². The van der Waals surface area contributed by atoms with E-state index >= 15 is 0 Å². The predicted octanol–water partition coefficient (Wildman–Crippen LogP) is 4.33. The molecule has 1 atom stereocenters. The van der Waals surface area contributed by atoms with E-state index in [9.17, 15) is 14.0 Å². The number of hydrogen-bond acceptors (Lipinski definition) is 4. The van der Waals surface area contributed by atoms with E-state index < -0.39 is 23.8 Å². The molecular weight excluding hydrogens is 372 g/mol. The second-order valence-electron chi connectivity index (χ2n) is 5.01. The highest BCUT2D eigenvalue weighted by Gasteiger charge is 2.20. The Balaban J connectivity index is 2.02. The van der Waals surface area contributed by atoms with Gasteiger partial charge in [-0.2, -0.15) is 0 Å². The molecule has 0 unspecified atom stereocenters. The quantitative estimate of drug-likeness (QED) is 0.778. The predicted molar refractivity (Wildman–Crippen MR) is 92.9 cm³/mol. The number of anilines is 1. The molecule has 5 nitrogen and oxygen atoms in total. The molecule has 0 saturated carbocycles. The van der Waals surface area contributed by atoms with Gasteiger partial charge >= 0.3 is 5.97 Å². The Morgan fingerprint density at radius 3 is 2.48 bits per heavy atom. The highest BCUT2D eigenvalue weighted by molar-refractivity contribution is 6.36. The van der Waals surface area contributed by atoms with E-state index in [1.807, 2.05) is 0 Å². The molecule has 2 rings (SSSR count). The highest BCUT2D eigenvalue weighted by atomic mass is 35.5. The number of carbonyl (C=O) groups is 2. The molecule has 132 valence electrons. The molecule has 0 aliphatic carbocycles. The normalized spacial score (nSPS) is 11.6. The van der Waals surface area contributed by atoms with Crippen LogP contribution in [0.2, 0.25) is 10.0 Å². The first kappa shape index (κ1) is 19.0. The lowest BCUT2D eigenvalue weighted by molar-refractivity contribution is -0.123. The number of amides is 1. The summed E-state index contributed by atoms with van der Waals surface area (Å²) in [5.74, 6) is -2.14.